The van der Waals surface area contributed by atoms with Crippen LogP contribution in [0.1, 0.15) is 37.3 Å². The monoisotopic (exact) mass is 348 g/mol. The lowest BCUT2D eigenvalue weighted by Crippen LogP contribution is -2.06. The smallest absolute Gasteiger partial charge is 0.213 e. The van der Waals surface area contributed by atoms with E-state index in [1.807, 2.05) is 12.1 Å². The summed E-state index contributed by atoms with van der Waals surface area (Å²) in [6.07, 6.45) is 4.79. The van der Waals surface area contributed by atoms with Crippen molar-refractivity contribution in [3.05, 3.63) is 28.4 Å². The van der Waals surface area contributed by atoms with Gasteiger partial charge in [0.1, 0.15) is 11.5 Å². The Labute approximate surface area is 132 Å². The molecular weight excluding hydrogens is 332 g/mol. The standard InChI is InChI=1S/C15H17BrN4O/c1-21-11-8-4-7-10(18-11)15-19-13(9-5-2-3-6-9)12(16)14(17)20-15/h4,7-9H,2-3,5-6H2,1H3,(H2,17,19,20). The molecule has 0 spiro atoms. The molecular formula is C15H17BrN4O. The van der Waals surface area contributed by atoms with Crippen LogP contribution in [0, 0.1) is 0 Å². The number of nitrogens with zero attached hydrogens (tertiary/aromatic N) is 3. The normalized spacial score (nSPS) is 15.3. The molecule has 0 aliphatic heterocycles. The van der Waals surface area contributed by atoms with E-state index in [4.69, 9.17) is 15.5 Å². The van der Waals surface area contributed by atoms with E-state index >= 15 is 0 Å². The van der Waals surface area contributed by atoms with Gasteiger partial charge in [-0.25, -0.2) is 15.0 Å². The van der Waals surface area contributed by atoms with Crippen molar-refractivity contribution in [3.8, 4) is 17.4 Å². The number of aromatic nitrogens is 3. The lowest BCUT2D eigenvalue weighted by atomic mass is 10.0. The van der Waals surface area contributed by atoms with Crippen molar-refractivity contribution in [2.75, 3.05) is 12.8 Å². The average Bonchev–Trinajstić information content (AvgIpc) is 3.04. The highest BCUT2D eigenvalue weighted by molar-refractivity contribution is 9.10. The van der Waals surface area contributed by atoms with Crippen LogP contribution < -0.4 is 10.5 Å². The molecule has 0 unspecified atom stereocenters. The third-order valence-electron chi connectivity index (χ3n) is 3.81. The number of pyridine rings is 1. The van der Waals surface area contributed by atoms with Crippen molar-refractivity contribution in [2.24, 2.45) is 0 Å². The Morgan fingerprint density at radius 1 is 1.19 bits per heavy atom. The van der Waals surface area contributed by atoms with Gasteiger partial charge in [0.15, 0.2) is 5.82 Å². The SMILES string of the molecule is COc1cccc(-c2nc(N)c(Br)c(C3CCCC3)n2)n1. The zero-order valence-corrected chi connectivity index (χ0v) is 13.4. The molecule has 1 aliphatic rings. The fourth-order valence-electron chi connectivity index (χ4n) is 2.72. The van der Waals surface area contributed by atoms with Crippen LogP contribution in [0.4, 0.5) is 5.82 Å². The topological polar surface area (TPSA) is 73.9 Å². The van der Waals surface area contributed by atoms with Crippen LogP contribution in [0.2, 0.25) is 0 Å². The Kier molecular flexibility index (Phi) is 4.05. The van der Waals surface area contributed by atoms with Gasteiger partial charge >= 0.3 is 0 Å². The average molecular weight is 349 g/mol. The summed E-state index contributed by atoms with van der Waals surface area (Å²) in [5.41, 5.74) is 7.71. The second kappa shape index (κ2) is 5.97. The fourth-order valence-corrected chi connectivity index (χ4v) is 3.22. The van der Waals surface area contributed by atoms with Crippen molar-refractivity contribution >= 4 is 21.7 Å². The molecule has 2 aromatic heterocycles. The van der Waals surface area contributed by atoms with Crippen LogP contribution >= 0.6 is 15.9 Å². The second-order valence-corrected chi connectivity index (χ2v) is 5.97. The third-order valence-corrected chi connectivity index (χ3v) is 4.62. The molecule has 1 fully saturated rings. The van der Waals surface area contributed by atoms with Crippen molar-refractivity contribution in [2.45, 2.75) is 31.6 Å². The van der Waals surface area contributed by atoms with Crippen LogP contribution in [0.5, 0.6) is 5.88 Å². The van der Waals surface area contributed by atoms with Crippen molar-refractivity contribution in [1.82, 2.24) is 15.0 Å². The maximum atomic E-state index is 6.04. The Hall–Kier alpha value is -1.69. The molecule has 21 heavy (non-hydrogen) atoms. The zero-order valence-electron chi connectivity index (χ0n) is 11.8. The first kappa shape index (κ1) is 14.3. The van der Waals surface area contributed by atoms with E-state index in [1.165, 1.54) is 12.8 Å². The Morgan fingerprint density at radius 2 is 1.95 bits per heavy atom. The second-order valence-electron chi connectivity index (χ2n) is 5.18. The molecule has 6 heteroatoms. The zero-order chi connectivity index (χ0) is 14.8. The maximum Gasteiger partial charge on any atom is 0.213 e. The number of halogens is 1. The first-order valence-electron chi connectivity index (χ1n) is 7.03. The number of anilines is 1. The largest absolute Gasteiger partial charge is 0.481 e. The highest BCUT2D eigenvalue weighted by Crippen LogP contribution is 2.38. The van der Waals surface area contributed by atoms with E-state index in [0.29, 0.717) is 29.1 Å². The number of hydrogen-bond acceptors (Lipinski definition) is 5. The molecule has 2 aromatic rings. The Balaban J connectivity index is 2.06. The number of methoxy groups -OCH3 is 1. The van der Waals surface area contributed by atoms with Gasteiger partial charge in [0.25, 0.3) is 0 Å². The molecule has 2 N–H and O–H groups in total. The molecule has 5 nitrogen and oxygen atoms in total. The first-order valence-corrected chi connectivity index (χ1v) is 7.82. The summed E-state index contributed by atoms with van der Waals surface area (Å²) in [6.45, 7) is 0. The maximum absolute atomic E-state index is 6.04. The molecule has 2 heterocycles. The summed E-state index contributed by atoms with van der Waals surface area (Å²) in [4.78, 5) is 13.4. The van der Waals surface area contributed by atoms with Crippen LogP contribution in [0.3, 0.4) is 0 Å². The Bertz CT molecular complexity index is 656. The number of ether oxygens (including phenoxy) is 1. The minimum Gasteiger partial charge on any atom is -0.481 e. The number of rotatable bonds is 3. The fraction of sp³-hybridized carbons (Fsp3) is 0.400. The molecule has 0 amide bonds. The lowest BCUT2D eigenvalue weighted by molar-refractivity contribution is 0.398. The van der Waals surface area contributed by atoms with Crippen LogP contribution in [0.25, 0.3) is 11.5 Å². The van der Waals surface area contributed by atoms with Gasteiger partial charge in [0.2, 0.25) is 5.88 Å². The van der Waals surface area contributed by atoms with Gasteiger partial charge in [-0.15, -0.1) is 0 Å². The van der Waals surface area contributed by atoms with E-state index in [2.05, 4.69) is 25.9 Å². The van der Waals surface area contributed by atoms with E-state index in [-0.39, 0.29) is 0 Å². The summed E-state index contributed by atoms with van der Waals surface area (Å²) in [5.74, 6) is 2.01. The molecule has 0 atom stereocenters. The van der Waals surface area contributed by atoms with Gasteiger partial charge in [-0.05, 0) is 34.8 Å². The molecule has 0 bridgehead atoms. The summed E-state index contributed by atoms with van der Waals surface area (Å²) in [6, 6.07) is 5.53. The predicted molar refractivity (Wildman–Crippen MR) is 85.1 cm³/mol. The summed E-state index contributed by atoms with van der Waals surface area (Å²) >= 11 is 3.53. The summed E-state index contributed by atoms with van der Waals surface area (Å²) < 4.78 is 5.97. The number of nitrogen functional groups attached to an aromatic ring is 1. The van der Waals surface area contributed by atoms with Gasteiger partial charge in [-0.2, -0.15) is 0 Å². The molecule has 1 aliphatic carbocycles. The van der Waals surface area contributed by atoms with Crippen LogP contribution in [-0.4, -0.2) is 22.1 Å². The Morgan fingerprint density at radius 3 is 2.67 bits per heavy atom. The molecule has 0 radical (unpaired) electrons. The van der Waals surface area contributed by atoms with E-state index in [9.17, 15) is 0 Å². The van der Waals surface area contributed by atoms with Crippen molar-refractivity contribution < 1.29 is 4.74 Å². The quantitative estimate of drug-likeness (QED) is 0.917. The minimum absolute atomic E-state index is 0.453. The van der Waals surface area contributed by atoms with Gasteiger partial charge in [0, 0.05) is 12.0 Å². The van der Waals surface area contributed by atoms with Crippen LogP contribution in [0.15, 0.2) is 22.7 Å². The van der Waals surface area contributed by atoms with Crippen molar-refractivity contribution in [3.63, 3.8) is 0 Å². The van der Waals surface area contributed by atoms with Crippen LogP contribution in [-0.2, 0) is 0 Å². The number of hydrogen-bond donors (Lipinski definition) is 1. The molecule has 3 rings (SSSR count). The summed E-state index contributed by atoms with van der Waals surface area (Å²) in [7, 11) is 1.59. The number of nitrogens with two attached hydrogens (primary N) is 1. The van der Waals surface area contributed by atoms with Crippen molar-refractivity contribution in [1.29, 1.82) is 0 Å². The molecule has 110 valence electrons. The van der Waals surface area contributed by atoms with E-state index < -0.39 is 0 Å². The van der Waals surface area contributed by atoms with Gasteiger partial charge in [0.05, 0.1) is 17.3 Å². The van der Waals surface area contributed by atoms with Gasteiger partial charge in [-0.3, -0.25) is 0 Å². The predicted octanol–water partition coefficient (Wildman–Crippen LogP) is 3.55. The lowest BCUT2D eigenvalue weighted by Gasteiger charge is -2.13. The highest BCUT2D eigenvalue weighted by Gasteiger charge is 2.23. The third kappa shape index (κ3) is 2.85. The molecule has 0 aromatic carbocycles. The summed E-state index contributed by atoms with van der Waals surface area (Å²) in [5, 5.41) is 0. The molecule has 0 saturated heterocycles. The van der Waals surface area contributed by atoms with Gasteiger partial charge < -0.3 is 10.5 Å². The van der Waals surface area contributed by atoms with E-state index in [0.717, 1.165) is 23.0 Å². The molecule has 1 saturated carbocycles. The van der Waals surface area contributed by atoms with Gasteiger partial charge in [-0.1, -0.05) is 18.9 Å². The minimum atomic E-state index is 0.453. The first-order chi connectivity index (χ1) is 10.2. The highest BCUT2D eigenvalue weighted by atomic mass is 79.9. The van der Waals surface area contributed by atoms with E-state index in [1.54, 1.807) is 13.2 Å².